The van der Waals surface area contributed by atoms with Gasteiger partial charge in [-0.2, -0.15) is 4.31 Å². The zero-order valence-corrected chi connectivity index (χ0v) is 11.8. The minimum Gasteiger partial charge on any atom is -0.302 e. The van der Waals surface area contributed by atoms with Crippen LogP contribution in [0.15, 0.2) is 36.4 Å². The Kier molecular flexibility index (Phi) is 5.64. The molecule has 0 fully saturated rings. The quantitative estimate of drug-likeness (QED) is 0.691. The molecule has 1 atom stereocenters. The number of hydrogen-bond acceptors (Lipinski definition) is 4. The zero-order chi connectivity index (χ0) is 14.5. The Morgan fingerprint density at radius 1 is 1.21 bits per heavy atom. The molecule has 1 aromatic rings. The molecular formula is C10H14O7P2. The lowest BCUT2D eigenvalue weighted by Gasteiger charge is -2.11. The molecule has 0 saturated heterocycles. The highest BCUT2D eigenvalue weighted by Gasteiger charge is 2.31. The van der Waals surface area contributed by atoms with Gasteiger partial charge in [0.1, 0.15) is 0 Å². The fourth-order valence-electron chi connectivity index (χ4n) is 1.23. The molecule has 0 aromatic heterocycles. The lowest BCUT2D eigenvalue weighted by molar-refractivity contribution is 0.191. The van der Waals surface area contributed by atoms with Crippen LogP contribution in [0.4, 0.5) is 0 Å². The Labute approximate surface area is 110 Å². The molecule has 0 spiro atoms. The number of phosphoric acid groups is 2. The van der Waals surface area contributed by atoms with Crippen molar-refractivity contribution in [3.63, 3.8) is 0 Å². The molecule has 0 saturated carbocycles. The van der Waals surface area contributed by atoms with E-state index in [1.807, 2.05) is 30.3 Å². The van der Waals surface area contributed by atoms with Crippen molar-refractivity contribution < 1.29 is 32.6 Å². The molecule has 106 valence electrons. The van der Waals surface area contributed by atoms with Gasteiger partial charge in [0.15, 0.2) is 0 Å². The SMILES string of the molecule is C/C(=C\COP(=O)(O)OP(=O)(O)O)c1ccccc1. The van der Waals surface area contributed by atoms with E-state index in [2.05, 4.69) is 8.83 Å². The van der Waals surface area contributed by atoms with E-state index in [9.17, 15) is 9.13 Å². The molecule has 0 bridgehead atoms. The minimum atomic E-state index is -5.07. The van der Waals surface area contributed by atoms with Crippen LogP contribution in [0.5, 0.6) is 0 Å². The average Bonchev–Trinajstić information content (AvgIpc) is 2.26. The largest absolute Gasteiger partial charge is 0.481 e. The summed E-state index contributed by atoms with van der Waals surface area (Å²) in [5.41, 5.74) is 1.69. The van der Waals surface area contributed by atoms with Crippen molar-refractivity contribution >= 4 is 21.2 Å². The fraction of sp³-hybridized carbons (Fsp3) is 0.200. The number of allylic oxidation sites excluding steroid dienone is 1. The monoisotopic (exact) mass is 308 g/mol. The van der Waals surface area contributed by atoms with Crippen LogP contribution in [0.1, 0.15) is 12.5 Å². The third kappa shape index (κ3) is 6.80. The number of hydrogen-bond donors (Lipinski definition) is 3. The second-order valence-corrected chi connectivity index (χ2v) is 6.42. The predicted molar refractivity (Wildman–Crippen MR) is 69.0 cm³/mol. The number of rotatable bonds is 6. The van der Waals surface area contributed by atoms with Crippen molar-refractivity contribution in [1.82, 2.24) is 0 Å². The highest BCUT2D eigenvalue weighted by atomic mass is 31.3. The fourth-order valence-corrected chi connectivity index (χ4v) is 2.76. The lowest BCUT2D eigenvalue weighted by Crippen LogP contribution is -1.94. The van der Waals surface area contributed by atoms with E-state index < -0.39 is 15.6 Å². The summed E-state index contributed by atoms with van der Waals surface area (Å²) in [5, 5.41) is 0. The molecule has 9 heteroatoms. The van der Waals surface area contributed by atoms with Gasteiger partial charge < -0.3 is 14.7 Å². The van der Waals surface area contributed by atoms with Crippen molar-refractivity contribution in [3.8, 4) is 0 Å². The van der Waals surface area contributed by atoms with E-state index in [0.717, 1.165) is 11.1 Å². The smallest absolute Gasteiger partial charge is 0.302 e. The van der Waals surface area contributed by atoms with Crippen molar-refractivity contribution in [2.24, 2.45) is 0 Å². The van der Waals surface area contributed by atoms with Gasteiger partial charge in [0.05, 0.1) is 6.61 Å². The van der Waals surface area contributed by atoms with Gasteiger partial charge >= 0.3 is 15.6 Å². The molecule has 3 N–H and O–H groups in total. The first-order chi connectivity index (χ1) is 8.70. The zero-order valence-electron chi connectivity index (χ0n) is 10.0. The molecule has 0 aliphatic heterocycles. The highest BCUT2D eigenvalue weighted by Crippen LogP contribution is 2.57. The van der Waals surface area contributed by atoms with Crippen molar-refractivity contribution in [1.29, 1.82) is 0 Å². The van der Waals surface area contributed by atoms with Crippen LogP contribution in [0.25, 0.3) is 5.57 Å². The van der Waals surface area contributed by atoms with E-state index in [0.29, 0.717) is 0 Å². The van der Waals surface area contributed by atoms with Crippen LogP contribution in [-0.2, 0) is 18.0 Å². The summed E-state index contributed by atoms with van der Waals surface area (Å²) in [6.45, 7) is 1.46. The molecular weight excluding hydrogens is 294 g/mol. The van der Waals surface area contributed by atoms with E-state index in [1.54, 1.807) is 6.92 Å². The Morgan fingerprint density at radius 2 is 1.79 bits per heavy atom. The second kappa shape index (κ2) is 6.59. The van der Waals surface area contributed by atoms with Crippen molar-refractivity contribution in [2.45, 2.75) is 6.92 Å². The first-order valence-corrected chi connectivity index (χ1v) is 8.18. The third-order valence-electron chi connectivity index (χ3n) is 2.07. The molecule has 0 heterocycles. The van der Waals surface area contributed by atoms with Gasteiger partial charge in [0, 0.05) is 0 Å². The first kappa shape index (κ1) is 16.3. The summed E-state index contributed by atoms with van der Waals surface area (Å²) in [6.07, 6.45) is 1.50. The molecule has 0 aliphatic rings. The summed E-state index contributed by atoms with van der Waals surface area (Å²) in [6, 6.07) is 9.21. The van der Waals surface area contributed by atoms with Gasteiger partial charge in [0.25, 0.3) is 0 Å². The molecule has 1 aromatic carbocycles. The molecule has 1 unspecified atom stereocenters. The lowest BCUT2D eigenvalue weighted by atomic mass is 10.1. The summed E-state index contributed by atoms with van der Waals surface area (Å²) >= 11 is 0. The minimum absolute atomic E-state index is 0.311. The molecule has 1 rings (SSSR count). The van der Waals surface area contributed by atoms with Gasteiger partial charge in [-0.05, 0) is 18.1 Å². The number of benzene rings is 1. The second-order valence-electron chi connectivity index (χ2n) is 3.59. The normalized spacial score (nSPS) is 16.1. The molecule has 0 aliphatic carbocycles. The van der Waals surface area contributed by atoms with E-state index in [-0.39, 0.29) is 6.61 Å². The van der Waals surface area contributed by atoms with Crippen LogP contribution < -0.4 is 0 Å². The summed E-state index contributed by atoms with van der Waals surface area (Å²) in [7, 11) is -9.84. The van der Waals surface area contributed by atoms with Gasteiger partial charge in [-0.3, -0.25) is 4.52 Å². The van der Waals surface area contributed by atoms with Crippen LogP contribution in [0, 0.1) is 0 Å². The van der Waals surface area contributed by atoms with E-state index in [1.165, 1.54) is 6.08 Å². The Morgan fingerprint density at radius 3 is 2.32 bits per heavy atom. The Bertz CT molecular complexity index is 534. The van der Waals surface area contributed by atoms with Crippen LogP contribution in [0.3, 0.4) is 0 Å². The summed E-state index contributed by atoms with van der Waals surface area (Å²) < 4.78 is 29.6. The third-order valence-corrected chi connectivity index (χ3v) is 4.22. The Hall–Kier alpha value is -0.780. The molecule has 19 heavy (non-hydrogen) atoms. The summed E-state index contributed by atoms with van der Waals surface area (Å²) in [5.74, 6) is 0. The van der Waals surface area contributed by atoms with Gasteiger partial charge in [-0.15, -0.1) is 0 Å². The van der Waals surface area contributed by atoms with Crippen LogP contribution >= 0.6 is 15.6 Å². The standard InChI is InChI=1S/C10H14O7P2/c1-9(10-5-3-2-4-6-10)7-8-16-19(14,15)17-18(11,12)13/h2-7H,8H2,1H3,(H,14,15)(H2,11,12,13)/b9-7+. The molecule has 0 amide bonds. The predicted octanol–water partition coefficient (Wildman–Crippen LogP) is 2.32. The Balaban J connectivity index is 2.58. The molecule has 7 nitrogen and oxygen atoms in total. The maximum Gasteiger partial charge on any atom is 0.481 e. The highest BCUT2D eigenvalue weighted by molar-refractivity contribution is 7.60. The van der Waals surface area contributed by atoms with Crippen LogP contribution in [-0.4, -0.2) is 21.3 Å². The van der Waals surface area contributed by atoms with Gasteiger partial charge in [-0.25, -0.2) is 9.13 Å². The van der Waals surface area contributed by atoms with Gasteiger partial charge in [-0.1, -0.05) is 36.4 Å². The van der Waals surface area contributed by atoms with E-state index >= 15 is 0 Å². The van der Waals surface area contributed by atoms with Crippen molar-refractivity contribution in [2.75, 3.05) is 6.61 Å². The maximum absolute atomic E-state index is 11.1. The number of phosphoric ester groups is 1. The van der Waals surface area contributed by atoms with Crippen LogP contribution in [0.2, 0.25) is 0 Å². The van der Waals surface area contributed by atoms with Crippen molar-refractivity contribution in [3.05, 3.63) is 42.0 Å². The maximum atomic E-state index is 11.1. The first-order valence-electron chi connectivity index (χ1n) is 5.16. The summed E-state index contributed by atoms with van der Waals surface area (Å²) in [4.78, 5) is 25.8. The molecule has 0 radical (unpaired) electrons. The van der Waals surface area contributed by atoms with Gasteiger partial charge in [0.2, 0.25) is 0 Å². The average molecular weight is 308 g/mol. The van der Waals surface area contributed by atoms with E-state index in [4.69, 9.17) is 14.7 Å². The topological polar surface area (TPSA) is 113 Å².